The number of aliphatic carboxylic acids is 1. The summed E-state index contributed by atoms with van der Waals surface area (Å²) in [5, 5.41) is 14.6. The van der Waals surface area contributed by atoms with E-state index in [-0.39, 0.29) is 24.8 Å². The number of hydrogen-bond acceptors (Lipinski definition) is 3. The smallest absolute Gasteiger partial charge is 0.313 e. The van der Waals surface area contributed by atoms with Crippen LogP contribution in [0.25, 0.3) is 0 Å². The first-order valence-corrected chi connectivity index (χ1v) is 7.86. The van der Waals surface area contributed by atoms with Crippen LogP contribution in [0.1, 0.15) is 46.6 Å². The van der Waals surface area contributed by atoms with E-state index in [1.807, 2.05) is 20.8 Å². The van der Waals surface area contributed by atoms with Gasteiger partial charge in [-0.15, -0.1) is 0 Å². The summed E-state index contributed by atoms with van der Waals surface area (Å²) in [4.78, 5) is 34.8. The minimum Gasteiger partial charge on any atom is -0.481 e. The molecule has 0 aliphatic rings. The molecule has 0 radical (unpaired) electrons. The Kier molecular flexibility index (Phi) is 6.12. The minimum absolute atomic E-state index is 0.101. The number of benzene rings is 1. The van der Waals surface area contributed by atoms with Crippen LogP contribution in [-0.2, 0) is 19.8 Å². The lowest BCUT2D eigenvalue weighted by Crippen LogP contribution is -2.36. The van der Waals surface area contributed by atoms with E-state index < -0.39 is 16.8 Å². The molecule has 0 aliphatic heterocycles. The first-order valence-electron chi connectivity index (χ1n) is 7.86. The van der Waals surface area contributed by atoms with Crippen molar-refractivity contribution in [1.29, 1.82) is 0 Å². The van der Waals surface area contributed by atoms with Crippen molar-refractivity contribution in [3.05, 3.63) is 29.8 Å². The Hall–Kier alpha value is -2.37. The van der Waals surface area contributed by atoms with E-state index in [9.17, 15) is 19.5 Å². The molecular weight excluding hydrogens is 308 g/mol. The van der Waals surface area contributed by atoms with Crippen molar-refractivity contribution in [2.24, 2.45) is 5.41 Å². The fourth-order valence-corrected chi connectivity index (χ4v) is 1.87. The highest BCUT2D eigenvalue weighted by molar-refractivity contribution is 5.91. The highest BCUT2D eigenvalue weighted by Gasteiger charge is 2.29. The molecule has 1 rings (SSSR count). The molecule has 0 heterocycles. The second kappa shape index (κ2) is 7.47. The zero-order chi connectivity index (χ0) is 18.5. The largest absolute Gasteiger partial charge is 0.481 e. The summed E-state index contributed by atoms with van der Waals surface area (Å²) in [5.41, 5.74) is -0.222. The zero-order valence-electron chi connectivity index (χ0n) is 14.9. The molecule has 1 aromatic rings. The standard InChI is InChI=1S/C18H26N2O4/c1-17(2,3)15(22)19-11-10-14(21)20-13-8-6-12(7-9-13)18(4,5)16(23)24/h6-9H,10-11H2,1-5H3,(H,19,22)(H,20,21)(H,23,24). The number of hydrogen-bond donors (Lipinski definition) is 3. The number of anilines is 1. The highest BCUT2D eigenvalue weighted by Crippen LogP contribution is 2.24. The average molecular weight is 334 g/mol. The summed E-state index contributed by atoms with van der Waals surface area (Å²) in [5.74, 6) is -1.22. The van der Waals surface area contributed by atoms with Gasteiger partial charge in [-0.2, -0.15) is 0 Å². The number of rotatable bonds is 6. The Morgan fingerprint density at radius 2 is 1.54 bits per heavy atom. The third-order valence-corrected chi connectivity index (χ3v) is 3.74. The van der Waals surface area contributed by atoms with Gasteiger partial charge < -0.3 is 15.7 Å². The second-order valence-electron chi connectivity index (χ2n) is 7.31. The summed E-state index contributed by atoms with van der Waals surface area (Å²) in [6, 6.07) is 6.72. The topological polar surface area (TPSA) is 95.5 Å². The fourth-order valence-electron chi connectivity index (χ4n) is 1.87. The van der Waals surface area contributed by atoms with Gasteiger partial charge in [0.1, 0.15) is 0 Å². The highest BCUT2D eigenvalue weighted by atomic mass is 16.4. The van der Waals surface area contributed by atoms with Gasteiger partial charge in [0.15, 0.2) is 0 Å². The van der Waals surface area contributed by atoms with Gasteiger partial charge in [-0.1, -0.05) is 32.9 Å². The van der Waals surface area contributed by atoms with E-state index in [2.05, 4.69) is 10.6 Å². The molecule has 6 heteroatoms. The molecule has 6 nitrogen and oxygen atoms in total. The summed E-state index contributed by atoms with van der Waals surface area (Å²) in [6.45, 7) is 8.95. The van der Waals surface area contributed by atoms with E-state index in [0.717, 1.165) is 0 Å². The van der Waals surface area contributed by atoms with Gasteiger partial charge in [0, 0.05) is 24.1 Å². The quantitative estimate of drug-likeness (QED) is 0.745. The van der Waals surface area contributed by atoms with Crippen molar-refractivity contribution in [3.63, 3.8) is 0 Å². The third kappa shape index (κ3) is 5.37. The van der Waals surface area contributed by atoms with E-state index in [1.54, 1.807) is 38.1 Å². The Bertz CT molecular complexity index is 613. The fraction of sp³-hybridized carbons (Fsp3) is 0.500. The van der Waals surface area contributed by atoms with Crippen LogP contribution in [0.4, 0.5) is 5.69 Å². The third-order valence-electron chi connectivity index (χ3n) is 3.74. The van der Waals surface area contributed by atoms with Crippen LogP contribution >= 0.6 is 0 Å². The summed E-state index contributed by atoms with van der Waals surface area (Å²) < 4.78 is 0. The van der Waals surface area contributed by atoms with Gasteiger partial charge in [-0.05, 0) is 31.5 Å². The van der Waals surface area contributed by atoms with Crippen LogP contribution in [0.3, 0.4) is 0 Å². The lowest BCUT2D eigenvalue weighted by atomic mass is 9.85. The van der Waals surface area contributed by atoms with Crippen molar-refractivity contribution in [3.8, 4) is 0 Å². The van der Waals surface area contributed by atoms with Gasteiger partial charge in [-0.25, -0.2) is 0 Å². The number of nitrogens with one attached hydrogen (secondary N) is 2. The summed E-state index contributed by atoms with van der Waals surface area (Å²) >= 11 is 0. The molecule has 0 bridgehead atoms. The van der Waals surface area contributed by atoms with Gasteiger partial charge in [0.05, 0.1) is 5.41 Å². The maximum Gasteiger partial charge on any atom is 0.313 e. The Morgan fingerprint density at radius 1 is 1.00 bits per heavy atom. The molecule has 2 amide bonds. The zero-order valence-corrected chi connectivity index (χ0v) is 14.9. The van der Waals surface area contributed by atoms with Gasteiger partial charge in [0.25, 0.3) is 0 Å². The molecule has 0 spiro atoms. The molecule has 0 saturated heterocycles. The molecule has 132 valence electrons. The van der Waals surface area contributed by atoms with Crippen molar-refractivity contribution in [2.45, 2.75) is 46.5 Å². The maximum atomic E-state index is 11.9. The monoisotopic (exact) mass is 334 g/mol. The van der Waals surface area contributed by atoms with Crippen molar-refractivity contribution in [1.82, 2.24) is 5.32 Å². The van der Waals surface area contributed by atoms with Crippen LogP contribution < -0.4 is 10.6 Å². The van der Waals surface area contributed by atoms with Crippen LogP contribution in [0.2, 0.25) is 0 Å². The van der Waals surface area contributed by atoms with Gasteiger partial charge in [0.2, 0.25) is 11.8 Å². The van der Waals surface area contributed by atoms with Gasteiger partial charge in [-0.3, -0.25) is 14.4 Å². The number of carbonyl (C=O) groups is 3. The molecule has 0 saturated carbocycles. The Balaban J connectivity index is 2.54. The lowest BCUT2D eigenvalue weighted by molar-refractivity contribution is -0.142. The van der Waals surface area contributed by atoms with E-state index in [0.29, 0.717) is 11.3 Å². The first-order chi connectivity index (χ1) is 10.9. The number of carboxylic acid groups (broad SMARTS) is 1. The molecule has 0 unspecified atom stereocenters. The summed E-state index contributed by atoms with van der Waals surface area (Å²) in [6.07, 6.45) is 0.171. The lowest BCUT2D eigenvalue weighted by Gasteiger charge is -2.20. The van der Waals surface area contributed by atoms with Crippen molar-refractivity contribution < 1.29 is 19.5 Å². The van der Waals surface area contributed by atoms with Crippen LogP contribution in [0, 0.1) is 5.41 Å². The van der Waals surface area contributed by atoms with E-state index in [1.165, 1.54) is 0 Å². The van der Waals surface area contributed by atoms with Gasteiger partial charge >= 0.3 is 5.97 Å². The Labute approximate surface area is 142 Å². The maximum absolute atomic E-state index is 11.9. The molecule has 0 atom stereocenters. The SMILES string of the molecule is CC(C)(C)C(=O)NCCC(=O)Nc1ccc(C(C)(C)C(=O)O)cc1. The number of carboxylic acids is 1. The normalized spacial score (nSPS) is 11.7. The minimum atomic E-state index is -0.986. The number of carbonyl (C=O) groups excluding carboxylic acids is 2. The van der Waals surface area contributed by atoms with Crippen molar-refractivity contribution >= 4 is 23.5 Å². The second-order valence-corrected chi connectivity index (χ2v) is 7.31. The van der Waals surface area contributed by atoms with Crippen molar-refractivity contribution in [2.75, 3.05) is 11.9 Å². The Morgan fingerprint density at radius 3 is 2.00 bits per heavy atom. The molecule has 3 N–H and O–H groups in total. The molecule has 1 aromatic carbocycles. The van der Waals surface area contributed by atoms with Crippen LogP contribution in [0.5, 0.6) is 0 Å². The van der Waals surface area contributed by atoms with E-state index in [4.69, 9.17) is 0 Å². The molecule has 0 aromatic heterocycles. The molecule has 0 fully saturated rings. The molecular formula is C18H26N2O4. The first kappa shape index (κ1) is 19.7. The predicted octanol–water partition coefficient (Wildman–Crippen LogP) is 2.54. The van der Waals surface area contributed by atoms with Crippen LogP contribution in [-0.4, -0.2) is 29.4 Å². The average Bonchev–Trinajstić information content (AvgIpc) is 2.46. The van der Waals surface area contributed by atoms with E-state index >= 15 is 0 Å². The molecule has 24 heavy (non-hydrogen) atoms. The number of amides is 2. The van der Waals surface area contributed by atoms with Crippen LogP contribution in [0.15, 0.2) is 24.3 Å². The predicted molar refractivity (Wildman–Crippen MR) is 92.8 cm³/mol. The molecule has 0 aliphatic carbocycles. The summed E-state index contributed by atoms with van der Waals surface area (Å²) in [7, 11) is 0.